The van der Waals surface area contributed by atoms with Crippen molar-refractivity contribution in [3.8, 4) is 17.6 Å². The van der Waals surface area contributed by atoms with Gasteiger partial charge in [0.15, 0.2) is 0 Å². The van der Waals surface area contributed by atoms with E-state index in [2.05, 4.69) is 17.2 Å². The number of benzene rings is 2. The van der Waals surface area contributed by atoms with Crippen LogP contribution in [0.1, 0.15) is 10.4 Å². The van der Waals surface area contributed by atoms with Crippen LogP contribution in [0.4, 0.5) is 0 Å². The lowest BCUT2D eigenvalue weighted by Crippen LogP contribution is -2.27. The minimum absolute atomic E-state index is 0.0996. The molecule has 3 rings (SSSR count). The number of carbonyl (C=O) groups is 2. The largest absolute Gasteiger partial charge is 0.480 e. The Hall–Kier alpha value is -3.72. The van der Waals surface area contributed by atoms with Crippen molar-refractivity contribution in [2.75, 3.05) is 13.2 Å². The van der Waals surface area contributed by atoms with E-state index in [4.69, 9.17) is 10.5 Å². The molecule has 0 saturated carbocycles. The number of aromatic nitrogens is 1. The average Bonchev–Trinajstić information content (AvgIpc) is 3.07. The molecule has 0 radical (unpaired) electrons. The maximum Gasteiger partial charge on any atom is 0.252 e. The third kappa shape index (κ3) is 4.67. The molecule has 1 aromatic heterocycles. The van der Waals surface area contributed by atoms with Gasteiger partial charge in [0, 0.05) is 11.7 Å². The van der Waals surface area contributed by atoms with Crippen molar-refractivity contribution in [2.24, 2.45) is 5.73 Å². The Labute approximate surface area is 156 Å². The first-order chi connectivity index (χ1) is 13.1. The van der Waals surface area contributed by atoms with Gasteiger partial charge in [-0.3, -0.25) is 9.59 Å². The van der Waals surface area contributed by atoms with Crippen molar-refractivity contribution in [3.05, 3.63) is 66.4 Å². The van der Waals surface area contributed by atoms with Crippen LogP contribution in [0.25, 0.3) is 10.9 Å². The number of hydrogen-bond acceptors (Lipinski definition) is 3. The Morgan fingerprint density at radius 2 is 1.81 bits per heavy atom. The number of primary amides is 1. The van der Waals surface area contributed by atoms with Gasteiger partial charge in [-0.25, -0.2) is 0 Å². The second kappa shape index (κ2) is 8.59. The molecule has 2 aromatic carbocycles. The maximum atomic E-state index is 12.0. The fourth-order valence-electron chi connectivity index (χ4n) is 2.66. The standard InChI is InChI=1S/C21H19N3O3/c22-21(26)17-8-2-4-10-19(17)27-14-6-5-12-23-20(25)15-24-13-11-16-7-1-3-9-18(16)24/h1-4,7-11,13H,12,14-15H2,(H2,22,26)(H,23,25). The molecule has 27 heavy (non-hydrogen) atoms. The summed E-state index contributed by atoms with van der Waals surface area (Å²) in [5.74, 6) is 5.34. The molecule has 1 heterocycles. The fraction of sp³-hybridized carbons (Fsp3) is 0.143. The van der Waals surface area contributed by atoms with Gasteiger partial charge in [0.05, 0.1) is 12.1 Å². The highest BCUT2D eigenvalue weighted by atomic mass is 16.5. The van der Waals surface area contributed by atoms with Gasteiger partial charge in [-0.05, 0) is 29.7 Å². The van der Waals surface area contributed by atoms with E-state index in [1.807, 2.05) is 41.1 Å². The summed E-state index contributed by atoms with van der Waals surface area (Å²) in [5.41, 5.74) is 6.61. The highest BCUT2D eigenvalue weighted by Crippen LogP contribution is 2.16. The quantitative estimate of drug-likeness (QED) is 0.658. The summed E-state index contributed by atoms with van der Waals surface area (Å²) in [4.78, 5) is 23.3. The summed E-state index contributed by atoms with van der Waals surface area (Å²) in [6, 6.07) is 16.6. The topological polar surface area (TPSA) is 86.4 Å². The number of fused-ring (bicyclic) bond motifs is 1. The molecule has 0 aliphatic carbocycles. The first-order valence-electron chi connectivity index (χ1n) is 8.43. The van der Waals surface area contributed by atoms with Gasteiger partial charge in [-0.1, -0.05) is 42.2 Å². The van der Waals surface area contributed by atoms with Crippen molar-refractivity contribution in [2.45, 2.75) is 6.54 Å². The van der Waals surface area contributed by atoms with Crippen molar-refractivity contribution < 1.29 is 14.3 Å². The van der Waals surface area contributed by atoms with E-state index in [0.717, 1.165) is 10.9 Å². The van der Waals surface area contributed by atoms with E-state index in [1.54, 1.807) is 24.3 Å². The van der Waals surface area contributed by atoms with Crippen LogP contribution in [0, 0.1) is 11.8 Å². The molecule has 0 atom stereocenters. The summed E-state index contributed by atoms with van der Waals surface area (Å²) in [5, 5.41) is 3.85. The third-order valence-corrected chi connectivity index (χ3v) is 3.95. The lowest BCUT2D eigenvalue weighted by molar-refractivity contribution is -0.121. The molecule has 0 saturated heterocycles. The molecule has 0 aliphatic heterocycles. The molecule has 2 amide bonds. The zero-order chi connectivity index (χ0) is 19.1. The van der Waals surface area contributed by atoms with Crippen molar-refractivity contribution in [3.63, 3.8) is 0 Å². The fourth-order valence-corrected chi connectivity index (χ4v) is 2.66. The Bertz CT molecular complexity index is 1030. The number of nitrogens with two attached hydrogens (primary N) is 1. The van der Waals surface area contributed by atoms with Gasteiger partial charge in [0.1, 0.15) is 18.9 Å². The molecule has 0 bridgehead atoms. The second-order valence-electron chi connectivity index (χ2n) is 5.78. The van der Waals surface area contributed by atoms with Gasteiger partial charge in [-0.15, -0.1) is 0 Å². The zero-order valence-electron chi connectivity index (χ0n) is 14.6. The van der Waals surface area contributed by atoms with E-state index in [-0.39, 0.29) is 25.6 Å². The van der Waals surface area contributed by atoms with Crippen LogP contribution in [-0.4, -0.2) is 29.5 Å². The molecular weight excluding hydrogens is 342 g/mol. The summed E-state index contributed by atoms with van der Waals surface area (Å²) in [6.07, 6.45) is 1.89. The molecule has 3 N–H and O–H groups in total. The number of ether oxygens (including phenoxy) is 1. The molecule has 6 nitrogen and oxygen atoms in total. The van der Waals surface area contributed by atoms with E-state index < -0.39 is 5.91 Å². The van der Waals surface area contributed by atoms with Gasteiger partial charge in [0.2, 0.25) is 5.91 Å². The molecule has 6 heteroatoms. The summed E-state index contributed by atoms with van der Waals surface area (Å²) < 4.78 is 7.34. The first-order valence-corrected chi connectivity index (χ1v) is 8.43. The second-order valence-corrected chi connectivity index (χ2v) is 5.78. The van der Waals surface area contributed by atoms with Gasteiger partial charge in [-0.2, -0.15) is 0 Å². The maximum absolute atomic E-state index is 12.0. The SMILES string of the molecule is NC(=O)c1ccccc1OCC#CCNC(=O)Cn1ccc2ccccc21. The van der Waals surface area contributed by atoms with Crippen molar-refractivity contribution in [1.82, 2.24) is 9.88 Å². The van der Waals surface area contributed by atoms with Gasteiger partial charge in [0.25, 0.3) is 5.91 Å². The van der Waals surface area contributed by atoms with Crippen LogP contribution in [0.5, 0.6) is 5.75 Å². The van der Waals surface area contributed by atoms with Crippen molar-refractivity contribution >= 4 is 22.7 Å². The molecule has 0 spiro atoms. The molecule has 0 unspecified atom stereocenters. The van der Waals surface area contributed by atoms with Gasteiger partial charge >= 0.3 is 0 Å². The summed E-state index contributed by atoms with van der Waals surface area (Å²) >= 11 is 0. The number of amides is 2. The van der Waals surface area contributed by atoms with Crippen LogP contribution < -0.4 is 15.8 Å². The highest BCUT2D eigenvalue weighted by molar-refractivity contribution is 5.95. The number of carbonyl (C=O) groups excluding carboxylic acids is 2. The lowest BCUT2D eigenvalue weighted by Gasteiger charge is -2.06. The minimum Gasteiger partial charge on any atom is -0.480 e. The summed E-state index contributed by atoms with van der Waals surface area (Å²) in [6.45, 7) is 0.555. The summed E-state index contributed by atoms with van der Waals surface area (Å²) in [7, 11) is 0. The van der Waals surface area contributed by atoms with E-state index >= 15 is 0 Å². The first kappa shape index (κ1) is 18.1. The molecule has 0 fully saturated rings. The predicted octanol–water partition coefficient (Wildman–Crippen LogP) is 1.94. The Kier molecular flexibility index (Phi) is 5.75. The predicted molar refractivity (Wildman–Crippen MR) is 103 cm³/mol. The van der Waals surface area contributed by atoms with Crippen LogP contribution in [0.3, 0.4) is 0 Å². The molecule has 0 aliphatic rings. The van der Waals surface area contributed by atoms with E-state index in [0.29, 0.717) is 11.3 Å². The minimum atomic E-state index is -0.552. The monoisotopic (exact) mass is 361 g/mol. The Balaban J connectivity index is 1.45. The number of rotatable bonds is 6. The van der Waals surface area contributed by atoms with Crippen LogP contribution in [0.15, 0.2) is 60.8 Å². The third-order valence-electron chi connectivity index (χ3n) is 3.95. The number of nitrogens with zero attached hydrogens (tertiary/aromatic N) is 1. The van der Waals surface area contributed by atoms with Crippen LogP contribution in [-0.2, 0) is 11.3 Å². The normalized spacial score (nSPS) is 10.1. The van der Waals surface area contributed by atoms with Crippen molar-refractivity contribution in [1.29, 1.82) is 0 Å². The number of para-hydroxylation sites is 2. The number of nitrogens with one attached hydrogen (secondary N) is 1. The zero-order valence-corrected chi connectivity index (χ0v) is 14.6. The Morgan fingerprint density at radius 3 is 2.67 bits per heavy atom. The van der Waals surface area contributed by atoms with Crippen LogP contribution in [0.2, 0.25) is 0 Å². The molecule has 136 valence electrons. The van der Waals surface area contributed by atoms with E-state index in [9.17, 15) is 9.59 Å². The average molecular weight is 361 g/mol. The molecule has 3 aromatic rings. The Morgan fingerprint density at radius 1 is 1.04 bits per heavy atom. The number of hydrogen-bond donors (Lipinski definition) is 2. The van der Waals surface area contributed by atoms with E-state index in [1.165, 1.54) is 0 Å². The highest BCUT2D eigenvalue weighted by Gasteiger charge is 2.07. The smallest absolute Gasteiger partial charge is 0.252 e. The van der Waals surface area contributed by atoms with Gasteiger partial charge < -0.3 is 20.4 Å². The lowest BCUT2D eigenvalue weighted by atomic mass is 10.2. The molecular formula is C21H19N3O3. The van der Waals surface area contributed by atoms with Crippen LogP contribution >= 0.6 is 0 Å².